The quantitative estimate of drug-likeness (QED) is 0.260. The fourth-order valence-electron chi connectivity index (χ4n) is 2.18. The van der Waals surface area contributed by atoms with Gasteiger partial charge < -0.3 is 8.85 Å². The van der Waals surface area contributed by atoms with Crippen molar-refractivity contribution < 1.29 is 35.1 Å². The molecule has 0 heterocycles. The van der Waals surface area contributed by atoms with E-state index in [1.165, 1.54) is 11.1 Å². The van der Waals surface area contributed by atoms with Gasteiger partial charge in [-0.1, -0.05) is 0 Å². The Morgan fingerprint density at radius 3 is 1.30 bits per heavy atom. The summed E-state index contributed by atoms with van der Waals surface area (Å²) >= 11 is 0. The SMILES string of the molecule is C[Si](C)(C)OCCC1=[C-]CC=C1.C[Si](C)(C)OCCC1=[C-]CC=C1.Cl.Cl.[Zr+2]. The van der Waals surface area contributed by atoms with Crippen molar-refractivity contribution >= 4 is 41.4 Å². The molecule has 0 unspecified atom stereocenters. The van der Waals surface area contributed by atoms with E-state index in [0.29, 0.717) is 0 Å². The molecule has 0 fully saturated rings. The minimum atomic E-state index is -1.29. The molecule has 154 valence electrons. The van der Waals surface area contributed by atoms with Gasteiger partial charge in [-0.3, -0.25) is 12.2 Å². The monoisotopic (exact) mass is 524 g/mol. The van der Waals surface area contributed by atoms with Crippen molar-refractivity contribution in [3.05, 3.63) is 47.6 Å². The molecular formula is C20H36Cl2O2Si2Zr. The molecule has 0 radical (unpaired) electrons. The van der Waals surface area contributed by atoms with Crippen molar-refractivity contribution in [2.75, 3.05) is 13.2 Å². The van der Waals surface area contributed by atoms with Crippen LogP contribution in [0, 0.1) is 12.2 Å². The summed E-state index contributed by atoms with van der Waals surface area (Å²) in [6.07, 6.45) is 19.2. The third-order valence-electron chi connectivity index (χ3n) is 3.34. The molecule has 0 aliphatic heterocycles. The van der Waals surface area contributed by atoms with Gasteiger partial charge in [-0.25, -0.2) is 23.3 Å². The zero-order chi connectivity index (χ0) is 18.1. The number of allylic oxidation sites excluding steroid dienone is 6. The van der Waals surface area contributed by atoms with Crippen LogP contribution in [0.5, 0.6) is 0 Å². The smallest absolute Gasteiger partial charge is 0.417 e. The second-order valence-corrected chi connectivity index (χ2v) is 17.1. The molecule has 27 heavy (non-hydrogen) atoms. The second kappa shape index (κ2) is 16.6. The van der Waals surface area contributed by atoms with E-state index in [2.05, 4.69) is 75.7 Å². The Morgan fingerprint density at radius 1 is 0.741 bits per heavy atom. The molecule has 0 aromatic rings. The molecule has 2 rings (SSSR count). The van der Waals surface area contributed by atoms with Crippen molar-refractivity contribution in [2.24, 2.45) is 0 Å². The van der Waals surface area contributed by atoms with E-state index in [1.807, 2.05) is 0 Å². The Bertz CT molecular complexity index is 459. The van der Waals surface area contributed by atoms with Crippen LogP contribution in [-0.4, -0.2) is 29.8 Å². The maximum Gasteiger partial charge on any atom is 2.00 e. The minimum absolute atomic E-state index is 0. The Morgan fingerprint density at radius 2 is 1.07 bits per heavy atom. The van der Waals surface area contributed by atoms with Gasteiger partial charge in [0.1, 0.15) is 0 Å². The molecule has 2 nitrogen and oxygen atoms in total. The van der Waals surface area contributed by atoms with E-state index >= 15 is 0 Å². The fraction of sp³-hybridized carbons (Fsp3) is 0.600. The van der Waals surface area contributed by atoms with Crippen LogP contribution in [0.15, 0.2) is 35.5 Å². The van der Waals surface area contributed by atoms with E-state index in [1.54, 1.807) is 0 Å². The van der Waals surface area contributed by atoms with Gasteiger partial charge in [-0.15, -0.1) is 37.7 Å². The van der Waals surface area contributed by atoms with Crippen LogP contribution in [0.4, 0.5) is 0 Å². The summed E-state index contributed by atoms with van der Waals surface area (Å²) in [7, 11) is -2.59. The molecule has 0 aromatic heterocycles. The Kier molecular flexibility index (Phi) is 19.9. The van der Waals surface area contributed by atoms with Crippen LogP contribution in [0.3, 0.4) is 0 Å². The first-order valence-corrected chi connectivity index (χ1v) is 15.8. The van der Waals surface area contributed by atoms with Gasteiger partial charge in [0.15, 0.2) is 16.6 Å². The Balaban J connectivity index is -0.000000384. The summed E-state index contributed by atoms with van der Waals surface area (Å²) in [6.45, 7) is 15.0. The zero-order valence-corrected chi connectivity index (χ0v) is 23.8. The van der Waals surface area contributed by atoms with Crippen molar-refractivity contribution in [2.45, 2.75) is 65.0 Å². The van der Waals surface area contributed by atoms with Crippen molar-refractivity contribution in [3.63, 3.8) is 0 Å². The average molecular weight is 527 g/mol. The van der Waals surface area contributed by atoms with Gasteiger partial charge in [-0.2, -0.15) is 12.2 Å². The van der Waals surface area contributed by atoms with E-state index in [4.69, 9.17) is 8.85 Å². The fourth-order valence-corrected chi connectivity index (χ4v) is 3.61. The van der Waals surface area contributed by atoms with Crippen LogP contribution in [0.1, 0.15) is 25.7 Å². The number of halogens is 2. The average Bonchev–Trinajstić information content (AvgIpc) is 3.09. The van der Waals surface area contributed by atoms with Crippen LogP contribution in [0.25, 0.3) is 0 Å². The van der Waals surface area contributed by atoms with Gasteiger partial charge in [0.05, 0.1) is 0 Å². The van der Waals surface area contributed by atoms with Gasteiger partial charge in [0.25, 0.3) is 0 Å². The maximum absolute atomic E-state index is 5.74. The van der Waals surface area contributed by atoms with Crippen molar-refractivity contribution in [3.8, 4) is 0 Å². The number of hydrogen-bond donors (Lipinski definition) is 0. The summed E-state index contributed by atoms with van der Waals surface area (Å²) < 4.78 is 11.5. The third kappa shape index (κ3) is 19.9. The normalized spacial score (nSPS) is 14.9. The first-order valence-electron chi connectivity index (χ1n) is 8.96. The molecule has 0 amide bonds. The van der Waals surface area contributed by atoms with Crippen LogP contribution < -0.4 is 0 Å². The van der Waals surface area contributed by atoms with E-state index in [9.17, 15) is 0 Å². The van der Waals surface area contributed by atoms with Gasteiger partial charge in [0, 0.05) is 13.2 Å². The Hall–Kier alpha value is 0.777. The number of hydrogen-bond acceptors (Lipinski definition) is 2. The first kappa shape index (κ1) is 32.4. The predicted octanol–water partition coefficient (Wildman–Crippen LogP) is 6.68. The molecule has 0 N–H and O–H groups in total. The molecule has 0 atom stereocenters. The maximum atomic E-state index is 5.74. The topological polar surface area (TPSA) is 18.5 Å². The second-order valence-electron chi connectivity index (χ2n) is 8.04. The van der Waals surface area contributed by atoms with E-state index in [-0.39, 0.29) is 51.0 Å². The Labute approximate surface area is 201 Å². The molecule has 2 aliphatic carbocycles. The molecule has 0 spiro atoms. The molecule has 0 saturated heterocycles. The van der Waals surface area contributed by atoms with E-state index in [0.717, 1.165) is 38.9 Å². The first-order chi connectivity index (χ1) is 11.2. The summed E-state index contributed by atoms with van der Waals surface area (Å²) in [5.74, 6) is 0. The number of rotatable bonds is 8. The molecule has 7 heteroatoms. The summed E-state index contributed by atoms with van der Waals surface area (Å²) in [5.41, 5.74) is 2.63. The minimum Gasteiger partial charge on any atom is -0.417 e. The zero-order valence-electron chi connectivity index (χ0n) is 17.7. The molecule has 2 aliphatic rings. The van der Waals surface area contributed by atoms with E-state index < -0.39 is 16.6 Å². The summed E-state index contributed by atoms with van der Waals surface area (Å²) in [6, 6.07) is 0. The molecule has 0 saturated carbocycles. The summed E-state index contributed by atoms with van der Waals surface area (Å²) in [5, 5.41) is 0. The standard InChI is InChI=1S/2C10H17OSi.2ClH.Zr/c2*1-12(2,3)11-9-8-10-6-4-5-7-10;;;/h2*4,6H,5,8-9H2,1-3H3;2*1H;/q2*-1;;;+2. The van der Waals surface area contributed by atoms with Gasteiger partial charge in [-0.05, 0) is 52.1 Å². The third-order valence-corrected chi connectivity index (χ3v) is 5.49. The van der Waals surface area contributed by atoms with Gasteiger partial charge in [0.2, 0.25) is 0 Å². The van der Waals surface area contributed by atoms with Crippen LogP contribution in [0.2, 0.25) is 39.3 Å². The van der Waals surface area contributed by atoms with Crippen molar-refractivity contribution in [1.82, 2.24) is 0 Å². The molecular weight excluding hydrogens is 491 g/mol. The largest absolute Gasteiger partial charge is 2.00 e. The molecule has 0 aromatic carbocycles. The van der Waals surface area contributed by atoms with Gasteiger partial charge >= 0.3 is 26.2 Å². The summed E-state index contributed by atoms with van der Waals surface area (Å²) in [4.78, 5) is 0. The predicted molar refractivity (Wildman–Crippen MR) is 123 cm³/mol. The van der Waals surface area contributed by atoms with Crippen LogP contribution in [-0.2, 0) is 35.1 Å². The molecule has 0 bridgehead atoms. The van der Waals surface area contributed by atoms with Crippen LogP contribution >= 0.6 is 24.8 Å². The van der Waals surface area contributed by atoms with Crippen molar-refractivity contribution in [1.29, 1.82) is 0 Å².